The molecule has 0 amide bonds. The van der Waals surface area contributed by atoms with Crippen molar-refractivity contribution in [2.24, 2.45) is 0 Å². The highest BCUT2D eigenvalue weighted by Gasteiger charge is 2.11. The van der Waals surface area contributed by atoms with Crippen molar-refractivity contribution in [3.8, 4) is 0 Å². The Hall–Kier alpha value is -0.570. The number of hydrogen-bond acceptors (Lipinski definition) is 2. The minimum Gasteiger partial charge on any atom is -0.550 e. The predicted octanol–water partition coefficient (Wildman–Crippen LogP) is 0.782. The van der Waals surface area contributed by atoms with Gasteiger partial charge in [-0.1, -0.05) is 26.2 Å². The van der Waals surface area contributed by atoms with Crippen LogP contribution >= 0.6 is 0 Å². The number of carbonyl (C=O) groups excluding carboxylic acids is 1. The Kier molecular flexibility index (Phi) is 11.5. The Morgan fingerprint density at radius 1 is 1.06 bits per heavy atom. The highest BCUT2D eigenvalue weighted by molar-refractivity contribution is 5.60. The zero-order valence-corrected chi connectivity index (χ0v) is 11.6. The van der Waals surface area contributed by atoms with E-state index in [1.165, 1.54) is 71.0 Å². The van der Waals surface area contributed by atoms with Gasteiger partial charge in [0.15, 0.2) is 0 Å². The molecule has 1 aliphatic rings. The van der Waals surface area contributed by atoms with Crippen LogP contribution in [0.15, 0.2) is 0 Å². The largest absolute Gasteiger partial charge is 0.550 e. The second kappa shape index (κ2) is 11.9. The summed E-state index contributed by atoms with van der Waals surface area (Å²) in [6.45, 7) is 7.61. The average Bonchev–Trinajstić information content (AvgIpc) is 2.29. The summed E-state index contributed by atoms with van der Waals surface area (Å²) in [5.41, 5.74) is 0. The highest BCUT2D eigenvalue weighted by Crippen LogP contribution is 2.01. The molecule has 1 N–H and O–H groups in total. The quantitative estimate of drug-likeness (QED) is 0.701. The summed E-state index contributed by atoms with van der Waals surface area (Å²) >= 11 is 0. The van der Waals surface area contributed by atoms with E-state index < -0.39 is 5.97 Å². The van der Waals surface area contributed by atoms with Crippen LogP contribution in [0.4, 0.5) is 0 Å². The van der Waals surface area contributed by atoms with Crippen molar-refractivity contribution in [3.05, 3.63) is 0 Å². The Balaban J connectivity index is 0.000000557. The van der Waals surface area contributed by atoms with Crippen molar-refractivity contribution >= 4 is 5.97 Å². The molecule has 1 saturated heterocycles. The maximum atomic E-state index is 8.89. The molecule has 0 aromatic heterocycles. The third kappa shape index (κ3) is 13.4. The molecule has 0 spiro atoms. The Bertz CT molecular complexity index is 173. The average molecular weight is 243 g/mol. The lowest BCUT2D eigenvalue weighted by atomic mass is 10.1. The molecule has 0 aromatic rings. The first-order valence-corrected chi connectivity index (χ1v) is 7.18. The van der Waals surface area contributed by atoms with Crippen LogP contribution in [-0.2, 0) is 4.79 Å². The first-order valence-electron chi connectivity index (χ1n) is 7.18. The number of carboxylic acids is 1. The number of unbranched alkanes of at least 4 members (excludes halogenated alkanes) is 4. The van der Waals surface area contributed by atoms with Gasteiger partial charge in [0.2, 0.25) is 0 Å². The van der Waals surface area contributed by atoms with Crippen molar-refractivity contribution in [3.63, 3.8) is 0 Å². The monoisotopic (exact) mass is 243 g/mol. The number of carboxylic acid groups (broad SMARTS) is 1. The van der Waals surface area contributed by atoms with E-state index in [2.05, 4.69) is 6.92 Å². The molecule has 0 bridgehead atoms. The number of nitrogens with one attached hydrogen (secondary N) is 1. The third-order valence-corrected chi connectivity index (χ3v) is 3.19. The Morgan fingerprint density at radius 2 is 1.59 bits per heavy atom. The van der Waals surface area contributed by atoms with Crippen molar-refractivity contribution in [1.82, 2.24) is 0 Å². The maximum absolute atomic E-state index is 8.89. The summed E-state index contributed by atoms with van der Waals surface area (Å²) in [6.07, 6.45) is 11.6. The zero-order valence-electron chi connectivity index (χ0n) is 11.6. The van der Waals surface area contributed by atoms with Crippen LogP contribution in [0.3, 0.4) is 0 Å². The van der Waals surface area contributed by atoms with E-state index in [0.29, 0.717) is 0 Å². The molecule has 1 fully saturated rings. The lowest BCUT2D eigenvalue weighted by Crippen LogP contribution is -3.12. The second-order valence-electron chi connectivity index (χ2n) is 4.97. The molecular weight excluding hydrogens is 214 g/mol. The molecule has 1 rings (SSSR count). The van der Waals surface area contributed by atoms with Crippen molar-refractivity contribution in [2.45, 2.75) is 65.2 Å². The van der Waals surface area contributed by atoms with E-state index in [1.807, 2.05) is 4.90 Å². The Labute approximate surface area is 106 Å². The lowest BCUT2D eigenvalue weighted by molar-refractivity contribution is -0.905. The van der Waals surface area contributed by atoms with Gasteiger partial charge in [0, 0.05) is 5.97 Å². The Morgan fingerprint density at radius 3 is 2.12 bits per heavy atom. The van der Waals surface area contributed by atoms with E-state index >= 15 is 0 Å². The normalized spacial score (nSPS) is 16.1. The summed E-state index contributed by atoms with van der Waals surface area (Å²) in [4.78, 5) is 10.8. The maximum Gasteiger partial charge on any atom is 0.0770 e. The molecule has 0 aliphatic carbocycles. The summed E-state index contributed by atoms with van der Waals surface area (Å²) in [6, 6.07) is 0. The smallest absolute Gasteiger partial charge is 0.0770 e. The van der Waals surface area contributed by atoms with Crippen LogP contribution in [0.2, 0.25) is 0 Å². The molecule has 3 heteroatoms. The van der Waals surface area contributed by atoms with E-state index in [4.69, 9.17) is 9.90 Å². The van der Waals surface area contributed by atoms with Gasteiger partial charge in [-0.15, -0.1) is 0 Å². The summed E-state index contributed by atoms with van der Waals surface area (Å²) in [5, 5.41) is 8.89. The SMILES string of the molecule is CC(=O)[O-].CCCCCCC[NH+]1CCCCC1. The fraction of sp³-hybridized carbons (Fsp3) is 0.929. The number of aliphatic carboxylic acids is 1. The van der Waals surface area contributed by atoms with E-state index in [-0.39, 0.29) is 0 Å². The van der Waals surface area contributed by atoms with Crippen molar-refractivity contribution in [2.75, 3.05) is 19.6 Å². The molecule has 0 aromatic carbocycles. The van der Waals surface area contributed by atoms with Crippen LogP contribution < -0.4 is 10.0 Å². The van der Waals surface area contributed by atoms with Crippen LogP contribution in [0, 0.1) is 0 Å². The van der Waals surface area contributed by atoms with Crippen LogP contribution in [0.25, 0.3) is 0 Å². The fourth-order valence-corrected chi connectivity index (χ4v) is 2.28. The van der Waals surface area contributed by atoms with Gasteiger partial charge >= 0.3 is 0 Å². The third-order valence-electron chi connectivity index (χ3n) is 3.19. The molecule has 1 heterocycles. The van der Waals surface area contributed by atoms with Crippen LogP contribution in [-0.4, -0.2) is 25.6 Å². The topological polar surface area (TPSA) is 44.6 Å². The molecule has 0 atom stereocenters. The minimum atomic E-state index is -1.08. The van der Waals surface area contributed by atoms with Crippen molar-refractivity contribution < 1.29 is 14.8 Å². The van der Waals surface area contributed by atoms with Crippen LogP contribution in [0.1, 0.15) is 65.2 Å². The molecular formula is C14H29NO2. The second-order valence-corrected chi connectivity index (χ2v) is 4.97. The fourth-order valence-electron chi connectivity index (χ4n) is 2.28. The molecule has 0 saturated carbocycles. The van der Waals surface area contributed by atoms with Gasteiger partial charge in [-0.2, -0.15) is 0 Å². The van der Waals surface area contributed by atoms with Gasteiger partial charge in [-0.05, 0) is 39.0 Å². The van der Waals surface area contributed by atoms with Gasteiger partial charge in [0.05, 0.1) is 19.6 Å². The first kappa shape index (κ1) is 16.4. The zero-order chi connectivity index (χ0) is 12.9. The van der Waals surface area contributed by atoms with E-state index in [0.717, 1.165) is 6.92 Å². The number of likely N-dealkylation sites (tertiary alicyclic amines) is 1. The van der Waals surface area contributed by atoms with Crippen molar-refractivity contribution in [1.29, 1.82) is 0 Å². The number of carbonyl (C=O) groups is 1. The molecule has 0 radical (unpaired) electrons. The van der Waals surface area contributed by atoms with Gasteiger partial charge in [-0.3, -0.25) is 0 Å². The molecule has 3 nitrogen and oxygen atoms in total. The van der Waals surface area contributed by atoms with Crippen LogP contribution in [0.5, 0.6) is 0 Å². The molecule has 1 aliphatic heterocycles. The molecule has 0 unspecified atom stereocenters. The number of quaternary nitrogens is 1. The number of rotatable bonds is 6. The lowest BCUT2D eigenvalue weighted by Gasteiger charge is -2.23. The van der Waals surface area contributed by atoms with Gasteiger partial charge in [0.25, 0.3) is 0 Å². The standard InChI is InChI=1S/C12H25N.C2H4O2/c1-2-3-4-5-7-10-13-11-8-6-9-12-13;1-2(3)4/h2-12H2,1H3;1H3,(H,3,4). The molecule has 102 valence electrons. The summed E-state index contributed by atoms with van der Waals surface area (Å²) in [7, 11) is 0. The van der Waals surface area contributed by atoms with Gasteiger partial charge in [0.1, 0.15) is 0 Å². The van der Waals surface area contributed by atoms with Gasteiger partial charge < -0.3 is 14.8 Å². The number of hydrogen-bond donors (Lipinski definition) is 1. The minimum absolute atomic E-state index is 0.972. The first-order chi connectivity index (χ1) is 8.16. The summed E-state index contributed by atoms with van der Waals surface area (Å²) < 4.78 is 0. The predicted molar refractivity (Wildman–Crippen MR) is 68.9 cm³/mol. The van der Waals surface area contributed by atoms with E-state index in [1.54, 1.807) is 0 Å². The summed E-state index contributed by atoms with van der Waals surface area (Å²) in [5.74, 6) is -1.08. The van der Waals surface area contributed by atoms with Gasteiger partial charge in [-0.25, -0.2) is 0 Å². The van der Waals surface area contributed by atoms with E-state index in [9.17, 15) is 0 Å². The molecule has 17 heavy (non-hydrogen) atoms. The number of piperidine rings is 1. The highest BCUT2D eigenvalue weighted by atomic mass is 16.4.